The molecule has 0 saturated carbocycles. The van der Waals surface area contributed by atoms with Crippen LogP contribution in [0.15, 0.2) is 34.5 Å². The SMILES string of the molecule is C=C/C(=C\[I-]C)C(CCC)(CC(C)C)C(C)(/C=C\CC)CC. The van der Waals surface area contributed by atoms with Crippen molar-refractivity contribution in [2.24, 2.45) is 16.7 Å². The fourth-order valence-electron chi connectivity index (χ4n) is 3.79. The quantitative estimate of drug-likeness (QED) is 0.206. The van der Waals surface area contributed by atoms with Gasteiger partial charge in [-0.05, 0) is 0 Å². The molecule has 0 amide bonds. The molecule has 0 aliphatic rings. The van der Waals surface area contributed by atoms with Crippen LogP contribution in [0.3, 0.4) is 0 Å². The van der Waals surface area contributed by atoms with Gasteiger partial charge in [0, 0.05) is 0 Å². The Bertz CT molecular complexity index is 377. The van der Waals surface area contributed by atoms with Crippen molar-refractivity contribution in [1.29, 1.82) is 0 Å². The van der Waals surface area contributed by atoms with E-state index in [1.165, 1.54) is 31.3 Å². The Balaban J connectivity index is 6.27. The van der Waals surface area contributed by atoms with E-state index in [0.29, 0.717) is 5.92 Å². The van der Waals surface area contributed by atoms with Gasteiger partial charge < -0.3 is 0 Å². The zero-order chi connectivity index (χ0) is 17.2. The molecule has 0 aromatic carbocycles. The van der Waals surface area contributed by atoms with E-state index in [0.717, 1.165) is 6.42 Å². The average molecular weight is 417 g/mol. The van der Waals surface area contributed by atoms with E-state index in [1.54, 1.807) is 0 Å². The zero-order valence-corrected chi connectivity index (χ0v) is 18.2. The molecule has 0 aliphatic carbocycles. The molecule has 22 heavy (non-hydrogen) atoms. The Kier molecular flexibility index (Phi) is 10.6. The van der Waals surface area contributed by atoms with Gasteiger partial charge in [-0.3, -0.25) is 0 Å². The third-order valence-corrected chi connectivity index (χ3v) is 6.28. The predicted molar refractivity (Wildman–Crippen MR) is 98.8 cm³/mol. The van der Waals surface area contributed by atoms with Crippen LogP contribution in [0, 0.1) is 16.7 Å². The standard InChI is InChI=1S/C21H38I/c1-9-13-15-20(7,12-4)21(14-10-2,16-18(5)6)19(11-3)17-22-8/h11,13,15,17-18H,3,9-10,12,14,16H2,1-2,4-8H3/q-1/b15-13-,19-17+. The normalized spacial score (nSPS) is 18.6. The molecule has 0 aromatic heterocycles. The molecule has 0 saturated heterocycles. The summed E-state index contributed by atoms with van der Waals surface area (Å²) in [5.41, 5.74) is 1.96. The molecule has 130 valence electrons. The van der Waals surface area contributed by atoms with Crippen LogP contribution in [0.5, 0.6) is 0 Å². The topological polar surface area (TPSA) is 0 Å². The number of allylic oxidation sites excluding steroid dienone is 4. The third-order valence-electron chi connectivity index (χ3n) is 4.98. The van der Waals surface area contributed by atoms with Crippen molar-refractivity contribution in [3.8, 4) is 0 Å². The molecule has 0 fully saturated rings. The fraction of sp³-hybridized carbons (Fsp3) is 0.714. The Morgan fingerprint density at radius 3 is 2.23 bits per heavy atom. The maximum absolute atomic E-state index is 4.19. The summed E-state index contributed by atoms with van der Waals surface area (Å²) in [5.74, 6) is 0.700. The molecule has 0 N–H and O–H groups in total. The van der Waals surface area contributed by atoms with E-state index in [4.69, 9.17) is 0 Å². The van der Waals surface area contributed by atoms with Gasteiger partial charge in [-0.25, -0.2) is 0 Å². The van der Waals surface area contributed by atoms with Crippen LogP contribution in [0.25, 0.3) is 0 Å². The van der Waals surface area contributed by atoms with Crippen LogP contribution in [-0.2, 0) is 0 Å². The molecule has 2 atom stereocenters. The van der Waals surface area contributed by atoms with Crippen LogP contribution in [0.1, 0.15) is 73.6 Å². The van der Waals surface area contributed by atoms with E-state index in [-0.39, 0.29) is 32.0 Å². The van der Waals surface area contributed by atoms with Crippen molar-refractivity contribution in [3.05, 3.63) is 34.5 Å². The number of hydrogen-bond acceptors (Lipinski definition) is 0. The molecule has 0 radical (unpaired) electrons. The summed E-state index contributed by atoms with van der Waals surface area (Å²) >= 11 is 0.133. The second-order valence-electron chi connectivity index (χ2n) is 7.00. The molecule has 0 aromatic rings. The Labute approximate surface area is 150 Å². The number of hydrogen-bond donors (Lipinski definition) is 0. The van der Waals surface area contributed by atoms with Crippen molar-refractivity contribution in [2.45, 2.75) is 73.6 Å². The maximum atomic E-state index is 4.19. The Morgan fingerprint density at radius 2 is 1.86 bits per heavy atom. The molecule has 0 aliphatic heterocycles. The van der Waals surface area contributed by atoms with Crippen molar-refractivity contribution in [1.82, 2.24) is 0 Å². The first-order valence-corrected chi connectivity index (χ1v) is 12.3. The summed E-state index contributed by atoms with van der Waals surface area (Å²) in [6, 6.07) is 0. The van der Waals surface area contributed by atoms with Gasteiger partial charge in [0.25, 0.3) is 0 Å². The number of rotatable bonds is 11. The van der Waals surface area contributed by atoms with Crippen LogP contribution in [0.2, 0.25) is 0 Å². The monoisotopic (exact) mass is 417 g/mol. The summed E-state index contributed by atoms with van der Waals surface area (Å²) in [7, 11) is 0. The van der Waals surface area contributed by atoms with Gasteiger partial charge in [0.1, 0.15) is 0 Å². The second kappa shape index (κ2) is 10.7. The summed E-state index contributed by atoms with van der Waals surface area (Å²) in [5, 5.41) is 0. The van der Waals surface area contributed by atoms with E-state index >= 15 is 0 Å². The first-order valence-electron chi connectivity index (χ1n) is 8.86. The molecule has 0 bridgehead atoms. The van der Waals surface area contributed by atoms with Crippen molar-refractivity contribution in [3.63, 3.8) is 0 Å². The minimum absolute atomic E-state index is 0.133. The van der Waals surface area contributed by atoms with Crippen molar-refractivity contribution >= 4 is 0 Å². The van der Waals surface area contributed by atoms with Gasteiger partial charge >= 0.3 is 151 Å². The van der Waals surface area contributed by atoms with Gasteiger partial charge in [0.15, 0.2) is 0 Å². The summed E-state index contributed by atoms with van der Waals surface area (Å²) in [6.07, 6.45) is 13.1. The molecular weight excluding hydrogens is 379 g/mol. The minimum atomic E-state index is 0.133. The third kappa shape index (κ3) is 5.25. The molecule has 0 spiro atoms. The summed E-state index contributed by atoms with van der Waals surface area (Å²) < 4.78 is 2.53. The van der Waals surface area contributed by atoms with E-state index in [2.05, 4.69) is 75.4 Å². The molecule has 1 heteroatoms. The molecule has 0 heterocycles. The fourth-order valence-corrected chi connectivity index (χ4v) is 5.31. The zero-order valence-electron chi connectivity index (χ0n) is 16.0. The molecule has 0 rings (SSSR count). The second-order valence-corrected chi connectivity index (χ2v) is 8.87. The van der Waals surface area contributed by atoms with Gasteiger partial charge in [-0.2, -0.15) is 0 Å². The number of halogens is 1. The van der Waals surface area contributed by atoms with Crippen molar-refractivity contribution < 1.29 is 21.2 Å². The van der Waals surface area contributed by atoms with Gasteiger partial charge in [0.2, 0.25) is 0 Å². The van der Waals surface area contributed by atoms with E-state index in [1.807, 2.05) is 0 Å². The first kappa shape index (κ1) is 21.9. The Morgan fingerprint density at radius 1 is 1.23 bits per heavy atom. The van der Waals surface area contributed by atoms with Crippen LogP contribution in [0.4, 0.5) is 0 Å². The predicted octanol–water partition coefficient (Wildman–Crippen LogP) is 3.99. The van der Waals surface area contributed by atoms with Crippen LogP contribution < -0.4 is 21.2 Å². The van der Waals surface area contributed by atoms with Gasteiger partial charge in [-0.1, -0.05) is 0 Å². The summed E-state index contributed by atoms with van der Waals surface area (Å²) in [6.45, 7) is 18.3. The van der Waals surface area contributed by atoms with Gasteiger partial charge in [-0.15, -0.1) is 0 Å². The van der Waals surface area contributed by atoms with E-state index in [9.17, 15) is 0 Å². The molecule has 0 nitrogen and oxygen atoms in total. The molecule has 2 unspecified atom stereocenters. The van der Waals surface area contributed by atoms with Crippen molar-refractivity contribution in [2.75, 3.05) is 4.93 Å². The van der Waals surface area contributed by atoms with Crippen LogP contribution >= 0.6 is 0 Å². The Hall–Kier alpha value is -0.0500. The van der Waals surface area contributed by atoms with Crippen LogP contribution in [-0.4, -0.2) is 4.93 Å². The number of alkyl halides is 1. The van der Waals surface area contributed by atoms with E-state index < -0.39 is 0 Å². The summed E-state index contributed by atoms with van der Waals surface area (Å²) in [4.78, 5) is 2.35. The van der Waals surface area contributed by atoms with Gasteiger partial charge in [0.05, 0.1) is 0 Å². The average Bonchev–Trinajstić information content (AvgIpc) is 2.49. The first-order chi connectivity index (χ1) is 10.4. The molecular formula is C21H38I-.